The van der Waals surface area contributed by atoms with Crippen LogP contribution >= 0.6 is 11.8 Å². The first kappa shape index (κ1) is 17.1. The molecule has 0 amide bonds. The summed E-state index contributed by atoms with van der Waals surface area (Å²) in [6.45, 7) is 9.69. The normalized spacial score (nSPS) is 12.5. The minimum atomic E-state index is 0.393. The molecule has 1 atom stereocenters. The van der Waals surface area contributed by atoms with Gasteiger partial charge in [0.1, 0.15) is 18.0 Å². The summed E-state index contributed by atoms with van der Waals surface area (Å²) < 4.78 is 0. The minimum absolute atomic E-state index is 0.393. The van der Waals surface area contributed by atoms with E-state index in [-0.39, 0.29) is 0 Å². The van der Waals surface area contributed by atoms with E-state index in [2.05, 4.69) is 54.6 Å². The Morgan fingerprint density at radius 1 is 1.20 bits per heavy atom. The van der Waals surface area contributed by atoms with E-state index in [0.29, 0.717) is 12.0 Å². The smallest absolute Gasteiger partial charge is 0.135 e. The van der Waals surface area contributed by atoms with Crippen molar-refractivity contribution in [2.75, 3.05) is 29.2 Å². The summed E-state index contributed by atoms with van der Waals surface area (Å²) in [5.41, 5.74) is 1.19. The van der Waals surface area contributed by atoms with Crippen molar-refractivity contribution in [1.82, 2.24) is 9.97 Å². The molecule has 0 aliphatic rings. The van der Waals surface area contributed by atoms with Gasteiger partial charge in [0.2, 0.25) is 0 Å². The van der Waals surface area contributed by atoms with E-state index in [4.69, 9.17) is 0 Å². The molecule has 0 saturated carbocycles. The molecule has 0 bridgehead atoms. The fourth-order valence-corrected chi connectivity index (χ4v) is 2.82. The molecule has 5 heteroatoms. The zero-order valence-electron chi connectivity index (χ0n) is 13.4. The third-order valence-electron chi connectivity index (χ3n) is 3.21. The van der Waals surface area contributed by atoms with Crippen molar-refractivity contribution in [2.45, 2.75) is 52.5 Å². The fraction of sp³-hybridized carbons (Fsp3) is 0.733. The molecule has 4 nitrogen and oxygen atoms in total. The number of hydrogen-bond acceptors (Lipinski definition) is 5. The van der Waals surface area contributed by atoms with Gasteiger partial charge in [0, 0.05) is 23.9 Å². The van der Waals surface area contributed by atoms with Gasteiger partial charge in [-0.05, 0) is 25.0 Å². The maximum atomic E-state index is 4.47. The Labute approximate surface area is 127 Å². The van der Waals surface area contributed by atoms with Gasteiger partial charge >= 0.3 is 0 Å². The predicted octanol–water partition coefficient (Wildman–Crippen LogP) is 3.98. The molecule has 0 aliphatic carbocycles. The number of anilines is 2. The summed E-state index contributed by atoms with van der Waals surface area (Å²) in [6.07, 6.45) is 5.98. The lowest BCUT2D eigenvalue weighted by Crippen LogP contribution is -2.23. The highest BCUT2D eigenvalue weighted by molar-refractivity contribution is 7.98. The lowest BCUT2D eigenvalue weighted by atomic mass is 10.0. The van der Waals surface area contributed by atoms with Crippen LogP contribution in [0.1, 0.15) is 52.0 Å². The number of thioether (sulfide) groups is 1. The van der Waals surface area contributed by atoms with Gasteiger partial charge in [0.05, 0.1) is 0 Å². The van der Waals surface area contributed by atoms with Crippen LogP contribution in [0.4, 0.5) is 11.6 Å². The number of aromatic nitrogens is 2. The minimum Gasteiger partial charge on any atom is -0.370 e. The molecule has 0 saturated heterocycles. The van der Waals surface area contributed by atoms with Gasteiger partial charge in [-0.1, -0.05) is 27.7 Å². The molecule has 1 aromatic heterocycles. The van der Waals surface area contributed by atoms with Gasteiger partial charge in [-0.3, -0.25) is 0 Å². The predicted molar refractivity (Wildman–Crippen MR) is 91.0 cm³/mol. The second kappa shape index (κ2) is 9.06. The summed E-state index contributed by atoms with van der Waals surface area (Å²) in [7, 11) is 0. The Morgan fingerprint density at radius 3 is 2.45 bits per heavy atom. The van der Waals surface area contributed by atoms with E-state index in [1.165, 1.54) is 5.56 Å². The third kappa shape index (κ3) is 4.85. The SMILES string of the molecule is CCCNc1ncnc(NC(CC)CSC)c1C(C)C. The zero-order valence-corrected chi connectivity index (χ0v) is 14.2. The zero-order chi connectivity index (χ0) is 15.0. The molecule has 0 fully saturated rings. The van der Waals surface area contributed by atoms with Crippen LogP contribution in [0.3, 0.4) is 0 Å². The Balaban J connectivity index is 2.98. The second-order valence-corrected chi connectivity index (χ2v) is 6.18. The first-order chi connectivity index (χ1) is 9.63. The van der Waals surface area contributed by atoms with Gasteiger partial charge in [0.15, 0.2) is 0 Å². The molecule has 1 unspecified atom stereocenters. The van der Waals surface area contributed by atoms with E-state index in [9.17, 15) is 0 Å². The first-order valence-corrected chi connectivity index (χ1v) is 8.87. The van der Waals surface area contributed by atoms with Crippen molar-refractivity contribution in [1.29, 1.82) is 0 Å². The van der Waals surface area contributed by atoms with Gasteiger partial charge in [0.25, 0.3) is 0 Å². The molecule has 0 radical (unpaired) electrons. The van der Waals surface area contributed by atoms with Crippen LogP contribution in [0.5, 0.6) is 0 Å². The van der Waals surface area contributed by atoms with Crippen molar-refractivity contribution in [3.05, 3.63) is 11.9 Å². The molecule has 1 rings (SSSR count). The lowest BCUT2D eigenvalue weighted by molar-refractivity contribution is 0.757. The van der Waals surface area contributed by atoms with Crippen LogP contribution in [-0.4, -0.2) is 34.6 Å². The molecular weight excluding hydrogens is 268 g/mol. The fourth-order valence-electron chi connectivity index (χ4n) is 2.10. The van der Waals surface area contributed by atoms with Crippen LogP contribution in [0.15, 0.2) is 6.33 Å². The number of rotatable bonds is 9. The lowest BCUT2D eigenvalue weighted by Gasteiger charge is -2.22. The summed E-state index contributed by atoms with van der Waals surface area (Å²) in [5, 5.41) is 7.00. The van der Waals surface area contributed by atoms with Gasteiger partial charge < -0.3 is 10.6 Å². The maximum absolute atomic E-state index is 4.47. The highest BCUT2D eigenvalue weighted by Gasteiger charge is 2.16. The summed E-state index contributed by atoms with van der Waals surface area (Å²) >= 11 is 1.86. The van der Waals surface area contributed by atoms with Crippen molar-refractivity contribution < 1.29 is 0 Å². The van der Waals surface area contributed by atoms with Crippen molar-refractivity contribution in [3.8, 4) is 0 Å². The quantitative estimate of drug-likeness (QED) is 0.722. The van der Waals surface area contributed by atoms with E-state index >= 15 is 0 Å². The molecule has 0 spiro atoms. The highest BCUT2D eigenvalue weighted by atomic mass is 32.2. The molecule has 1 heterocycles. The standard InChI is InChI=1S/C15H28N4S/c1-6-8-16-14-13(11(3)4)15(18-10-17-14)19-12(7-2)9-20-5/h10-12H,6-9H2,1-5H3,(H2,16,17,18,19). The monoisotopic (exact) mass is 296 g/mol. The molecule has 0 aliphatic heterocycles. The first-order valence-electron chi connectivity index (χ1n) is 7.48. The number of hydrogen-bond donors (Lipinski definition) is 2. The van der Waals surface area contributed by atoms with Crippen molar-refractivity contribution in [3.63, 3.8) is 0 Å². The van der Waals surface area contributed by atoms with E-state index in [0.717, 1.165) is 36.8 Å². The van der Waals surface area contributed by atoms with Gasteiger partial charge in [-0.2, -0.15) is 11.8 Å². The van der Waals surface area contributed by atoms with Crippen LogP contribution in [0, 0.1) is 0 Å². The highest BCUT2D eigenvalue weighted by Crippen LogP contribution is 2.29. The number of nitrogens with zero attached hydrogens (tertiary/aromatic N) is 2. The molecule has 0 aromatic carbocycles. The Hall–Kier alpha value is -0.970. The average Bonchev–Trinajstić information content (AvgIpc) is 2.44. The van der Waals surface area contributed by atoms with Crippen LogP contribution in [0.2, 0.25) is 0 Å². The summed E-state index contributed by atoms with van der Waals surface area (Å²) in [5.74, 6) is 3.44. The topological polar surface area (TPSA) is 49.8 Å². The summed E-state index contributed by atoms with van der Waals surface area (Å²) in [4.78, 5) is 8.88. The van der Waals surface area contributed by atoms with Gasteiger partial charge in [-0.15, -0.1) is 0 Å². The third-order valence-corrected chi connectivity index (χ3v) is 3.94. The van der Waals surface area contributed by atoms with Crippen molar-refractivity contribution >= 4 is 23.4 Å². The van der Waals surface area contributed by atoms with E-state index in [1.54, 1.807) is 6.33 Å². The molecule has 20 heavy (non-hydrogen) atoms. The maximum Gasteiger partial charge on any atom is 0.135 e. The Morgan fingerprint density at radius 2 is 1.90 bits per heavy atom. The van der Waals surface area contributed by atoms with Crippen LogP contribution in [0.25, 0.3) is 0 Å². The average molecular weight is 296 g/mol. The Bertz CT molecular complexity index is 395. The molecule has 1 aromatic rings. The summed E-state index contributed by atoms with van der Waals surface area (Å²) in [6, 6.07) is 0.455. The van der Waals surface area contributed by atoms with Crippen molar-refractivity contribution in [2.24, 2.45) is 0 Å². The van der Waals surface area contributed by atoms with Gasteiger partial charge in [-0.25, -0.2) is 9.97 Å². The van der Waals surface area contributed by atoms with E-state index in [1.807, 2.05) is 11.8 Å². The molecule has 2 N–H and O–H groups in total. The van der Waals surface area contributed by atoms with Crippen LogP contribution in [-0.2, 0) is 0 Å². The van der Waals surface area contributed by atoms with Crippen LogP contribution < -0.4 is 10.6 Å². The number of nitrogens with one attached hydrogen (secondary N) is 2. The largest absolute Gasteiger partial charge is 0.370 e. The molecular formula is C15H28N4S. The Kier molecular flexibility index (Phi) is 7.73. The van der Waals surface area contributed by atoms with E-state index < -0.39 is 0 Å². The molecule has 114 valence electrons. The second-order valence-electron chi connectivity index (χ2n) is 5.27.